The Labute approximate surface area is 120 Å². The fourth-order valence-corrected chi connectivity index (χ4v) is 1.18. The molecule has 0 aliphatic rings. The summed E-state index contributed by atoms with van der Waals surface area (Å²) >= 11 is 0. The molecule has 1 amide bonds. The van der Waals surface area contributed by atoms with Gasteiger partial charge < -0.3 is 30.5 Å². The number of aliphatic hydroxyl groups is 2. The molecule has 0 saturated heterocycles. The Balaban J connectivity index is 4.57. The number of rotatable bonds is 9. The first-order valence-electron chi connectivity index (χ1n) is 6.07. The molecule has 9 heteroatoms. The molecule has 5 N–H and O–H groups in total. The van der Waals surface area contributed by atoms with Gasteiger partial charge in [0.15, 0.2) is 6.23 Å². The van der Waals surface area contributed by atoms with E-state index in [2.05, 4.69) is 0 Å². The predicted molar refractivity (Wildman–Crippen MR) is 69.2 cm³/mol. The first-order valence-corrected chi connectivity index (χ1v) is 6.07. The molecule has 0 spiro atoms. The van der Waals surface area contributed by atoms with Crippen molar-refractivity contribution in [2.45, 2.75) is 38.7 Å². The minimum Gasteiger partial charge on any atom is -0.481 e. The van der Waals surface area contributed by atoms with Crippen LogP contribution in [0.15, 0.2) is 11.6 Å². The summed E-state index contributed by atoms with van der Waals surface area (Å²) in [5, 5.41) is 38.1. The third-order valence-corrected chi connectivity index (χ3v) is 2.18. The molecule has 120 valence electrons. The molecule has 0 aliphatic carbocycles. The molecule has 9 nitrogen and oxygen atoms in total. The van der Waals surface area contributed by atoms with E-state index in [4.69, 9.17) is 14.9 Å². The van der Waals surface area contributed by atoms with Crippen LogP contribution in [0.5, 0.6) is 0 Å². The van der Waals surface area contributed by atoms with Gasteiger partial charge in [0.05, 0.1) is 24.7 Å². The highest BCUT2D eigenvalue weighted by molar-refractivity contribution is 6.00. The minimum atomic E-state index is -1.67. The fourth-order valence-electron chi connectivity index (χ4n) is 1.18. The summed E-state index contributed by atoms with van der Waals surface area (Å²) in [7, 11) is 0. The summed E-state index contributed by atoms with van der Waals surface area (Å²) in [5.74, 6) is -4.02. The quantitative estimate of drug-likeness (QED) is 0.260. The largest absolute Gasteiger partial charge is 0.481 e. The van der Waals surface area contributed by atoms with E-state index in [-0.39, 0.29) is 12.7 Å². The van der Waals surface area contributed by atoms with Crippen molar-refractivity contribution in [1.29, 1.82) is 0 Å². The minimum absolute atomic E-state index is 0.184. The van der Waals surface area contributed by atoms with Crippen LogP contribution in [0.25, 0.3) is 0 Å². The van der Waals surface area contributed by atoms with Crippen LogP contribution < -0.4 is 5.32 Å². The van der Waals surface area contributed by atoms with Crippen molar-refractivity contribution >= 4 is 17.8 Å². The number of hydrogen-bond donors (Lipinski definition) is 5. The van der Waals surface area contributed by atoms with E-state index in [9.17, 15) is 24.6 Å². The second kappa shape index (κ2) is 9.06. The van der Waals surface area contributed by atoms with E-state index in [1.165, 1.54) is 0 Å². The molecule has 0 aliphatic heterocycles. The lowest BCUT2D eigenvalue weighted by Crippen LogP contribution is -2.45. The predicted octanol–water partition coefficient (Wildman–Crippen LogP) is -1.31. The van der Waals surface area contributed by atoms with Crippen molar-refractivity contribution in [1.82, 2.24) is 5.32 Å². The summed E-state index contributed by atoms with van der Waals surface area (Å²) < 4.78 is 5.03. The highest BCUT2D eigenvalue weighted by atomic mass is 16.5. The van der Waals surface area contributed by atoms with Crippen LogP contribution in [-0.2, 0) is 19.1 Å². The lowest BCUT2D eigenvalue weighted by Gasteiger charge is -2.19. The Kier molecular flexibility index (Phi) is 8.21. The van der Waals surface area contributed by atoms with Crippen LogP contribution in [-0.4, -0.2) is 63.3 Å². The van der Waals surface area contributed by atoms with Crippen LogP contribution in [0, 0.1) is 0 Å². The van der Waals surface area contributed by atoms with Gasteiger partial charge in [-0.15, -0.1) is 0 Å². The third kappa shape index (κ3) is 8.74. The zero-order valence-corrected chi connectivity index (χ0v) is 11.6. The van der Waals surface area contributed by atoms with Gasteiger partial charge in [-0.25, -0.2) is 4.79 Å². The molecule has 0 fully saturated rings. The Hall–Kier alpha value is -1.97. The molecule has 0 radical (unpaired) electrons. The third-order valence-electron chi connectivity index (χ3n) is 2.18. The lowest BCUT2D eigenvalue weighted by atomic mass is 10.1. The monoisotopic (exact) mass is 305 g/mol. The first kappa shape index (κ1) is 19.0. The van der Waals surface area contributed by atoms with E-state index in [0.717, 1.165) is 0 Å². The number of amides is 1. The zero-order valence-electron chi connectivity index (χ0n) is 11.6. The van der Waals surface area contributed by atoms with Crippen LogP contribution in [0.4, 0.5) is 0 Å². The van der Waals surface area contributed by atoms with Crippen molar-refractivity contribution in [3.05, 3.63) is 11.6 Å². The summed E-state index contributed by atoms with van der Waals surface area (Å²) in [5.41, 5.74) is -0.653. The SMILES string of the molecule is CC(C)OCC(O)C(O)NC(=O)/C=C(/CC(=O)O)C(=O)O. The normalized spacial score (nSPS) is 14.6. The van der Waals surface area contributed by atoms with Gasteiger partial charge in [0.2, 0.25) is 5.91 Å². The molecule has 0 aromatic rings. The second-order valence-electron chi connectivity index (χ2n) is 4.45. The van der Waals surface area contributed by atoms with Crippen LogP contribution in [0.1, 0.15) is 20.3 Å². The van der Waals surface area contributed by atoms with E-state index in [0.29, 0.717) is 6.08 Å². The molecule has 0 aromatic heterocycles. The van der Waals surface area contributed by atoms with Gasteiger partial charge in [0.25, 0.3) is 0 Å². The number of aliphatic carboxylic acids is 2. The fraction of sp³-hybridized carbons (Fsp3) is 0.583. The van der Waals surface area contributed by atoms with E-state index >= 15 is 0 Å². The maximum Gasteiger partial charge on any atom is 0.332 e. The van der Waals surface area contributed by atoms with Crippen LogP contribution >= 0.6 is 0 Å². The molecular weight excluding hydrogens is 286 g/mol. The summed E-state index contributed by atoms with van der Waals surface area (Å²) in [6.45, 7) is 3.20. The number of carboxylic acids is 2. The van der Waals surface area contributed by atoms with Gasteiger partial charge >= 0.3 is 11.9 Å². The Morgan fingerprint density at radius 2 is 1.76 bits per heavy atom. The second-order valence-corrected chi connectivity index (χ2v) is 4.45. The molecule has 0 bridgehead atoms. The molecule has 2 unspecified atom stereocenters. The van der Waals surface area contributed by atoms with Crippen molar-refractivity contribution in [2.24, 2.45) is 0 Å². The van der Waals surface area contributed by atoms with E-state index in [1.807, 2.05) is 5.32 Å². The Morgan fingerprint density at radius 3 is 2.19 bits per heavy atom. The van der Waals surface area contributed by atoms with Gasteiger partial charge in [-0.3, -0.25) is 9.59 Å². The molecule has 0 saturated carbocycles. The molecular formula is C12H19NO8. The molecule has 0 heterocycles. The first-order chi connectivity index (χ1) is 9.63. The lowest BCUT2D eigenvalue weighted by molar-refractivity contribution is -0.139. The standard InChI is InChI=1S/C12H19NO8/c1-6(2)21-5-8(14)11(18)13-9(15)3-7(12(19)20)4-10(16)17/h3,6,8,11,14,18H,4-5H2,1-2H3,(H,13,15)(H,16,17)(H,19,20)/b7-3-. The van der Waals surface area contributed by atoms with Crippen molar-refractivity contribution < 1.29 is 39.5 Å². The Bertz CT molecular complexity index is 417. The van der Waals surface area contributed by atoms with Crippen molar-refractivity contribution in [3.8, 4) is 0 Å². The summed E-state index contributed by atoms with van der Waals surface area (Å²) in [6, 6.07) is 0. The maximum atomic E-state index is 11.4. The van der Waals surface area contributed by atoms with Crippen LogP contribution in [0.3, 0.4) is 0 Å². The van der Waals surface area contributed by atoms with Crippen LogP contribution in [0.2, 0.25) is 0 Å². The zero-order chi connectivity index (χ0) is 16.6. The average Bonchev–Trinajstić information content (AvgIpc) is 2.33. The number of carbonyl (C=O) groups excluding carboxylic acids is 1. The highest BCUT2D eigenvalue weighted by Gasteiger charge is 2.20. The highest BCUT2D eigenvalue weighted by Crippen LogP contribution is 2.02. The smallest absolute Gasteiger partial charge is 0.332 e. The van der Waals surface area contributed by atoms with Gasteiger partial charge in [-0.1, -0.05) is 0 Å². The maximum absolute atomic E-state index is 11.4. The molecule has 0 rings (SSSR count). The number of aliphatic hydroxyl groups excluding tert-OH is 2. The van der Waals surface area contributed by atoms with E-state index < -0.39 is 42.2 Å². The van der Waals surface area contributed by atoms with E-state index in [1.54, 1.807) is 13.8 Å². The number of ether oxygens (including phenoxy) is 1. The molecule has 21 heavy (non-hydrogen) atoms. The van der Waals surface area contributed by atoms with Gasteiger partial charge in [0, 0.05) is 6.08 Å². The number of hydrogen-bond acceptors (Lipinski definition) is 6. The average molecular weight is 305 g/mol. The number of carbonyl (C=O) groups is 3. The van der Waals surface area contributed by atoms with Gasteiger partial charge in [-0.2, -0.15) is 0 Å². The number of carboxylic acid groups (broad SMARTS) is 2. The topological polar surface area (TPSA) is 153 Å². The Morgan fingerprint density at radius 1 is 1.19 bits per heavy atom. The number of nitrogens with one attached hydrogen (secondary N) is 1. The summed E-state index contributed by atoms with van der Waals surface area (Å²) in [4.78, 5) is 32.6. The summed E-state index contributed by atoms with van der Waals surface area (Å²) in [6.07, 6.45) is -3.57. The van der Waals surface area contributed by atoms with Gasteiger partial charge in [-0.05, 0) is 13.8 Å². The van der Waals surface area contributed by atoms with Gasteiger partial charge in [0.1, 0.15) is 6.10 Å². The van der Waals surface area contributed by atoms with Crippen molar-refractivity contribution in [3.63, 3.8) is 0 Å². The molecule has 0 aromatic carbocycles. The molecule has 2 atom stereocenters. The van der Waals surface area contributed by atoms with Crippen molar-refractivity contribution in [2.75, 3.05) is 6.61 Å².